The van der Waals surface area contributed by atoms with E-state index in [9.17, 15) is 0 Å². The van der Waals surface area contributed by atoms with Gasteiger partial charge in [0.15, 0.2) is 0 Å². The van der Waals surface area contributed by atoms with Gasteiger partial charge in [0.2, 0.25) is 5.88 Å². The third-order valence-corrected chi connectivity index (χ3v) is 5.75. The Kier molecular flexibility index (Phi) is 4.22. The van der Waals surface area contributed by atoms with E-state index in [0.717, 1.165) is 65.0 Å². The largest absolute Gasteiger partial charge is 0.480 e. The predicted octanol–water partition coefficient (Wildman–Crippen LogP) is 3.88. The molecule has 1 aliphatic heterocycles. The molecule has 6 heteroatoms. The van der Waals surface area contributed by atoms with E-state index in [1.807, 2.05) is 18.2 Å². The lowest BCUT2D eigenvalue weighted by Crippen LogP contribution is -2.42. The molecule has 0 bridgehead atoms. The minimum absolute atomic E-state index is 0.605. The first-order valence-corrected chi connectivity index (χ1v) is 9.83. The van der Waals surface area contributed by atoms with E-state index in [1.165, 1.54) is 0 Å². The Hall–Kier alpha value is -2.63. The predicted molar refractivity (Wildman–Crippen MR) is 113 cm³/mol. The van der Waals surface area contributed by atoms with Crippen LogP contribution in [0.4, 0.5) is 0 Å². The number of hydrogen-bond acceptors (Lipinski definition) is 5. The maximum absolute atomic E-state index is 6.32. The Bertz CT molecular complexity index is 1100. The summed E-state index contributed by atoms with van der Waals surface area (Å²) in [6, 6.07) is 14.2. The monoisotopic (exact) mass is 392 g/mol. The molecule has 3 aromatic rings. The number of benzene rings is 2. The summed E-state index contributed by atoms with van der Waals surface area (Å²) in [6.07, 6.45) is 0. The molecule has 2 aromatic carbocycles. The zero-order valence-corrected chi connectivity index (χ0v) is 16.7. The highest BCUT2D eigenvalue weighted by molar-refractivity contribution is 6.33. The Balaban J connectivity index is 1.78. The standard InChI is InChI=1S/C22H21ClN4O/c1-26-9-11-27(12-10-26)25-21-16-6-4-3-5-15(16)19-17-13-14(23)7-8-18(17)24-22(28-2)20(19)21/h3-8,13H,9-12H2,1-2H3/b25-21+. The number of aromatic nitrogens is 1. The lowest BCUT2D eigenvalue weighted by Gasteiger charge is -2.30. The first-order chi connectivity index (χ1) is 13.7. The Morgan fingerprint density at radius 2 is 1.75 bits per heavy atom. The fourth-order valence-corrected chi connectivity index (χ4v) is 4.22. The second-order valence-corrected chi connectivity index (χ2v) is 7.72. The number of ether oxygens (including phenoxy) is 1. The summed E-state index contributed by atoms with van der Waals surface area (Å²) in [4.78, 5) is 7.08. The smallest absolute Gasteiger partial charge is 0.224 e. The van der Waals surface area contributed by atoms with Crippen molar-refractivity contribution in [3.8, 4) is 17.0 Å². The van der Waals surface area contributed by atoms with Gasteiger partial charge in [-0.05, 0) is 30.8 Å². The van der Waals surface area contributed by atoms with Gasteiger partial charge in [0.25, 0.3) is 0 Å². The molecule has 1 saturated heterocycles. The average Bonchev–Trinajstić information content (AvgIpc) is 3.04. The SMILES string of the molecule is COc1nc2ccc(Cl)cc2c2c1/C(=N/N1CCN(C)CC1)c1ccccc1-2. The van der Waals surface area contributed by atoms with E-state index in [2.05, 4.69) is 41.2 Å². The summed E-state index contributed by atoms with van der Waals surface area (Å²) in [7, 11) is 3.81. The number of rotatable bonds is 2. The van der Waals surface area contributed by atoms with E-state index >= 15 is 0 Å². The first-order valence-electron chi connectivity index (χ1n) is 9.45. The Morgan fingerprint density at radius 1 is 1.00 bits per heavy atom. The molecule has 28 heavy (non-hydrogen) atoms. The molecule has 1 fully saturated rings. The number of fused-ring (bicyclic) bond motifs is 5. The van der Waals surface area contributed by atoms with Gasteiger partial charge in [0, 0.05) is 47.7 Å². The molecule has 1 aliphatic carbocycles. The number of hydrazone groups is 1. The lowest BCUT2D eigenvalue weighted by molar-refractivity contribution is 0.159. The molecular formula is C22H21ClN4O. The fraction of sp³-hybridized carbons (Fsp3) is 0.273. The van der Waals surface area contributed by atoms with Crippen molar-refractivity contribution in [3.63, 3.8) is 0 Å². The number of hydrogen-bond donors (Lipinski definition) is 0. The van der Waals surface area contributed by atoms with Gasteiger partial charge in [-0.25, -0.2) is 4.98 Å². The zero-order valence-electron chi connectivity index (χ0n) is 15.9. The molecular weight excluding hydrogens is 372 g/mol. The van der Waals surface area contributed by atoms with Gasteiger partial charge in [-0.3, -0.25) is 5.01 Å². The van der Waals surface area contributed by atoms with Crippen LogP contribution in [-0.2, 0) is 0 Å². The summed E-state index contributed by atoms with van der Waals surface area (Å²) >= 11 is 6.32. The lowest BCUT2D eigenvalue weighted by atomic mass is 10.0. The van der Waals surface area contributed by atoms with Crippen molar-refractivity contribution in [2.24, 2.45) is 5.10 Å². The van der Waals surface area contributed by atoms with Gasteiger partial charge in [0.05, 0.1) is 18.2 Å². The summed E-state index contributed by atoms with van der Waals surface area (Å²) in [5.74, 6) is 0.605. The Labute approximate surface area is 169 Å². The highest BCUT2D eigenvalue weighted by atomic mass is 35.5. The number of nitrogens with zero attached hydrogens (tertiary/aromatic N) is 4. The maximum atomic E-state index is 6.32. The summed E-state index contributed by atoms with van der Waals surface area (Å²) in [5, 5.41) is 8.94. The second-order valence-electron chi connectivity index (χ2n) is 7.28. The van der Waals surface area contributed by atoms with Gasteiger partial charge < -0.3 is 9.64 Å². The molecule has 0 N–H and O–H groups in total. The molecule has 5 rings (SSSR count). The van der Waals surface area contributed by atoms with Crippen LogP contribution in [0.25, 0.3) is 22.0 Å². The van der Waals surface area contributed by atoms with E-state index < -0.39 is 0 Å². The van der Waals surface area contributed by atoms with E-state index in [-0.39, 0.29) is 0 Å². The number of pyridine rings is 1. The molecule has 5 nitrogen and oxygen atoms in total. The van der Waals surface area contributed by atoms with Crippen molar-refractivity contribution in [1.29, 1.82) is 0 Å². The fourth-order valence-electron chi connectivity index (χ4n) is 4.04. The number of methoxy groups -OCH3 is 1. The molecule has 0 unspecified atom stereocenters. The average molecular weight is 393 g/mol. The van der Waals surface area contributed by atoms with Gasteiger partial charge >= 0.3 is 0 Å². The highest BCUT2D eigenvalue weighted by Gasteiger charge is 2.32. The van der Waals surface area contributed by atoms with Crippen LogP contribution in [0.15, 0.2) is 47.6 Å². The number of piperazine rings is 1. The molecule has 2 heterocycles. The molecule has 0 radical (unpaired) electrons. The van der Waals surface area contributed by atoms with E-state index in [0.29, 0.717) is 10.9 Å². The van der Waals surface area contributed by atoms with Gasteiger partial charge in [-0.2, -0.15) is 5.10 Å². The van der Waals surface area contributed by atoms with Crippen molar-refractivity contribution in [2.45, 2.75) is 0 Å². The van der Waals surface area contributed by atoms with Crippen LogP contribution in [0.3, 0.4) is 0 Å². The summed E-state index contributed by atoms with van der Waals surface area (Å²) in [5.41, 5.74) is 6.13. The number of halogens is 1. The van der Waals surface area contributed by atoms with Crippen LogP contribution in [0.1, 0.15) is 11.1 Å². The number of likely N-dealkylation sites (N-methyl/N-ethyl adjacent to an activating group) is 1. The Morgan fingerprint density at radius 3 is 2.50 bits per heavy atom. The van der Waals surface area contributed by atoms with Gasteiger partial charge in [0.1, 0.15) is 5.71 Å². The van der Waals surface area contributed by atoms with Crippen LogP contribution >= 0.6 is 11.6 Å². The van der Waals surface area contributed by atoms with Crippen molar-refractivity contribution >= 4 is 28.2 Å². The topological polar surface area (TPSA) is 41.0 Å². The van der Waals surface area contributed by atoms with Crippen LogP contribution in [0.5, 0.6) is 5.88 Å². The molecule has 0 amide bonds. The minimum Gasteiger partial charge on any atom is -0.480 e. The minimum atomic E-state index is 0.605. The van der Waals surface area contributed by atoms with Crippen molar-refractivity contribution < 1.29 is 4.74 Å². The first kappa shape index (κ1) is 17.5. The van der Waals surface area contributed by atoms with Crippen molar-refractivity contribution in [1.82, 2.24) is 14.9 Å². The van der Waals surface area contributed by atoms with E-state index in [4.69, 9.17) is 26.4 Å². The van der Waals surface area contributed by atoms with Crippen molar-refractivity contribution in [3.05, 3.63) is 58.6 Å². The highest BCUT2D eigenvalue weighted by Crippen LogP contribution is 2.45. The zero-order chi connectivity index (χ0) is 19.3. The molecule has 0 spiro atoms. The van der Waals surface area contributed by atoms with Crippen molar-refractivity contribution in [2.75, 3.05) is 40.3 Å². The third-order valence-electron chi connectivity index (χ3n) is 5.52. The van der Waals surface area contributed by atoms with Gasteiger partial charge in [-0.1, -0.05) is 35.9 Å². The maximum Gasteiger partial charge on any atom is 0.224 e. The summed E-state index contributed by atoms with van der Waals surface area (Å²) in [6.45, 7) is 3.83. The molecule has 2 aliphatic rings. The van der Waals surface area contributed by atoms with Crippen LogP contribution in [0, 0.1) is 0 Å². The molecule has 0 saturated carbocycles. The van der Waals surface area contributed by atoms with Crippen LogP contribution < -0.4 is 4.74 Å². The quantitative estimate of drug-likeness (QED) is 0.519. The molecule has 1 aromatic heterocycles. The second kappa shape index (κ2) is 6.76. The van der Waals surface area contributed by atoms with Crippen LogP contribution in [0.2, 0.25) is 5.02 Å². The molecule has 0 atom stereocenters. The molecule has 142 valence electrons. The normalized spacial score (nSPS) is 17.8. The van der Waals surface area contributed by atoms with Gasteiger partial charge in [-0.15, -0.1) is 0 Å². The third kappa shape index (κ3) is 2.74. The van der Waals surface area contributed by atoms with Crippen LogP contribution in [-0.4, -0.2) is 60.9 Å². The van der Waals surface area contributed by atoms with E-state index in [1.54, 1.807) is 7.11 Å². The summed E-state index contributed by atoms with van der Waals surface area (Å²) < 4.78 is 5.71.